The van der Waals surface area contributed by atoms with Gasteiger partial charge in [0.05, 0.1) is 4.90 Å². The summed E-state index contributed by atoms with van der Waals surface area (Å²) >= 11 is 5.85. The fraction of sp³-hybridized carbons (Fsp3) is 0.412. The summed E-state index contributed by atoms with van der Waals surface area (Å²) in [5.74, 6) is 0.304. The van der Waals surface area contributed by atoms with Gasteiger partial charge in [-0.05, 0) is 70.7 Å². The first-order valence-electron chi connectivity index (χ1n) is 7.76. The van der Waals surface area contributed by atoms with Gasteiger partial charge in [0.2, 0.25) is 9.84 Å². The van der Waals surface area contributed by atoms with Crippen LogP contribution in [0.25, 0.3) is 0 Å². The second-order valence-corrected chi connectivity index (χ2v) is 8.51. The van der Waals surface area contributed by atoms with E-state index in [1.807, 2.05) is 25.6 Å². The molecule has 7 heteroatoms. The van der Waals surface area contributed by atoms with Gasteiger partial charge in [0.15, 0.2) is 0 Å². The molecule has 5 nitrogen and oxygen atoms in total. The van der Waals surface area contributed by atoms with Crippen LogP contribution < -0.4 is 5.73 Å². The van der Waals surface area contributed by atoms with Crippen LogP contribution in [-0.2, 0) is 16.4 Å². The van der Waals surface area contributed by atoms with Gasteiger partial charge in [-0.2, -0.15) is 0 Å². The number of aromatic nitrogens is 1. The maximum absolute atomic E-state index is 13.0. The highest BCUT2D eigenvalue weighted by atomic mass is 35.5. The third kappa shape index (κ3) is 3.61. The summed E-state index contributed by atoms with van der Waals surface area (Å²) in [4.78, 5) is 2.49. The SMILES string of the molecule is Cc1c(S(=O)(=O)c2ccc(Cl)cc2)c(N)n(CCCN(C)C)c1C. The maximum atomic E-state index is 13.0. The van der Waals surface area contributed by atoms with Crippen molar-refractivity contribution in [2.45, 2.75) is 36.6 Å². The van der Waals surface area contributed by atoms with Gasteiger partial charge in [-0.3, -0.25) is 0 Å². The number of rotatable bonds is 6. The van der Waals surface area contributed by atoms with Crippen LogP contribution in [0.4, 0.5) is 5.82 Å². The number of anilines is 1. The molecule has 0 bridgehead atoms. The van der Waals surface area contributed by atoms with Crippen molar-refractivity contribution in [3.8, 4) is 0 Å². The minimum atomic E-state index is -3.68. The Bertz CT molecular complexity index is 825. The Balaban J connectivity index is 2.45. The van der Waals surface area contributed by atoms with Crippen LogP contribution in [0.2, 0.25) is 5.02 Å². The zero-order valence-corrected chi connectivity index (χ0v) is 16.1. The minimum absolute atomic E-state index is 0.201. The quantitative estimate of drug-likeness (QED) is 0.849. The van der Waals surface area contributed by atoms with Crippen molar-refractivity contribution < 1.29 is 8.42 Å². The largest absolute Gasteiger partial charge is 0.384 e. The number of sulfone groups is 1. The number of halogens is 1. The summed E-state index contributed by atoms with van der Waals surface area (Å²) in [5, 5.41) is 0.496. The highest BCUT2D eigenvalue weighted by Crippen LogP contribution is 2.33. The Kier molecular flexibility index (Phi) is 5.63. The Morgan fingerprint density at radius 3 is 2.29 bits per heavy atom. The Labute approximate surface area is 148 Å². The maximum Gasteiger partial charge on any atom is 0.210 e. The molecule has 0 unspecified atom stereocenters. The Morgan fingerprint density at radius 1 is 1.17 bits per heavy atom. The summed E-state index contributed by atoms with van der Waals surface area (Å²) in [7, 11) is 0.340. The van der Waals surface area contributed by atoms with Crippen LogP contribution in [0.5, 0.6) is 0 Å². The molecule has 1 aromatic carbocycles. The average molecular weight is 370 g/mol. The summed E-state index contributed by atoms with van der Waals surface area (Å²) in [6.45, 7) is 5.31. The normalized spacial score (nSPS) is 12.1. The predicted molar refractivity (Wildman–Crippen MR) is 98.4 cm³/mol. The lowest BCUT2D eigenvalue weighted by atomic mass is 10.3. The third-order valence-corrected chi connectivity index (χ3v) is 6.39. The molecule has 0 saturated carbocycles. The summed E-state index contributed by atoms with van der Waals surface area (Å²) in [5.41, 5.74) is 7.81. The van der Waals surface area contributed by atoms with Crippen molar-refractivity contribution in [3.05, 3.63) is 40.5 Å². The van der Waals surface area contributed by atoms with Crippen LogP contribution in [0.3, 0.4) is 0 Å². The van der Waals surface area contributed by atoms with E-state index in [2.05, 4.69) is 4.90 Å². The zero-order valence-electron chi connectivity index (χ0n) is 14.5. The molecule has 0 saturated heterocycles. The lowest BCUT2D eigenvalue weighted by molar-refractivity contribution is 0.386. The van der Waals surface area contributed by atoms with E-state index in [0.717, 1.165) is 18.7 Å². The molecular weight excluding hydrogens is 346 g/mol. The first kappa shape index (κ1) is 18.8. The standard InChI is InChI=1S/C17H24ClN3O2S/c1-12-13(2)21(11-5-10-20(3)4)17(19)16(12)24(22,23)15-8-6-14(18)7-9-15/h6-9H,5,10-11,19H2,1-4H3. The first-order chi connectivity index (χ1) is 11.2. The zero-order chi connectivity index (χ0) is 18.1. The molecule has 0 aliphatic rings. The minimum Gasteiger partial charge on any atom is -0.384 e. The topological polar surface area (TPSA) is 68.3 Å². The van der Waals surface area contributed by atoms with Crippen molar-refractivity contribution in [2.75, 3.05) is 26.4 Å². The van der Waals surface area contributed by atoms with E-state index in [1.54, 1.807) is 19.1 Å². The average Bonchev–Trinajstić information content (AvgIpc) is 2.71. The Hall–Kier alpha value is -1.50. The molecule has 2 aromatic rings. The Morgan fingerprint density at radius 2 is 1.75 bits per heavy atom. The fourth-order valence-corrected chi connectivity index (χ4v) is 4.56. The molecule has 1 heterocycles. The number of hydrogen-bond donors (Lipinski definition) is 1. The molecule has 0 spiro atoms. The van der Waals surface area contributed by atoms with Gasteiger partial charge in [0.1, 0.15) is 10.7 Å². The third-order valence-electron chi connectivity index (χ3n) is 4.19. The molecule has 0 aliphatic carbocycles. The van der Waals surface area contributed by atoms with E-state index in [0.29, 0.717) is 22.9 Å². The second kappa shape index (κ2) is 7.17. The van der Waals surface area contributed by atoms with Crippen LogP contribution >= 0.6 is 11.6 Å². The van der Waals surface area contributed by atoms with Crippen LogP contribution in [0.15, 0.2) is 34.1 Å². The van der Waals surface area contributed by atoms with Crippen molar-refractivity contribution in [1.29, 1.82) is 0 Å². The van der Waals surface area contributed by atoms with E-state index in [1.165, 1.54) is 12.1 Å². The lowest BCUT2D eigenvalue weighted by Gasteiger charge is -2.12. The van der Waals surface area contributed by atoms with Crippen LogP contribution in [0, 0.1) is 13.8 Å². The van der Waals surface area contributed by atoms with Gasteiger partial charge >= 0.3 is 0 Å². The van der Waals surface area contributed by atoms with Crippen molar-refractivity contribution in [2.24, 2.45) is 0 Å². The van der Waals surface area contributed by atoms with E-state index in [9.17, 15) is 8.42 Å². The van der Waals surface area contributed by atoms with E-state index in [-0.39, 0.29) is 9.79 Å². The van der Waals surface area contributed by atoms with Gasteiger partial charge in [-0.15, -0.1) is 0 Å². The molecule has 24 heavy (non-hydrogen) atoms. The van der Waals surface area contributed by atoms with E-state index < -0.39 is 9.84 Å². The second-order valence-electron chi connectivity index (χ2n) is 6.19. The van der Waals surface area contributed by atoms with Gasteiger partial charge in [-0.25, -0.2) is 8.42 Å². The molecule has 0 aliphatic heterocycles. The van der Waals surface area contributed by atoms with Gasteiger partial charge in [-0.1, -0.05) is 11.6 Å². The van der Waals surface area contributed by atoms with Gasteiger partial charge in [0.25, 0.3) is 0 Å². The van der Waals surface area contributed by atoms with E-state index in [4.69, 9.17) is 17.3 Å². The van der Waals surface area contributed by atoms with Crippen LogP contribution in [-0.4, -0.2) is 38.5 Å². The van der Waals surface area contributed by atoms with Crippen molar-refractivity contribution in [3.63, 3.8) is 0 Å². The lowest BCUT2D eigenvalue weighted by Crippen LogP contribution is -2.16. The number of nitrogens with two attached hydrogens (primary N) is 1. The number of benzene rings is 1. The fourth-order valence-electron chi connectivity index (χ4n) is 2.77. The molecule has 132 valence electrons. The molecule has 2 N–H and O–H groups in total. The summed E-state index contributed by atoms with van der Waals surface area (Å²) < 4.78 is 27.9. The summed E-state index contributed by atoms with van der Waals surface area (Å²) in [6, 6.07) is 6.16. The van der Waals surface area contributed by atoms with Crippen molar-refractivity contribution >= 4 is 27.3 Å². The monoisotopic (exact) mass is 369 g/mol. The number of nitrogen functional groups attached to an aromatic ring is 1. The predicted octanol–water partition coefficient (Wildman–Crippen LogP) is 3.13. The van der Waals surface area contributed by atoms with Gasteiger partial charge in [0, 0.05) is 17.3 Å². The highest BCUT2D eigenvalue weighted by molar-refractivity contribution is 7.91. The highest BCUT2D eigenvalue weighted by Gasteiger charge is 2.28. The molecule has 0 amide bonds. The van der Waals surface area contributed by atoms with Gasteiger partial charge < -0.3 is 15.2 Å². The molecule has 2 rings (SSSR count). The van der Waals surface area contributed by atoms with Crippen LogP contribution in [0.1, 0.15) is 17.7 Å². The molecule has 0 fully saturated rings. The molecular formula is C17H24ClN3O2S. The number of nitrogens with zero attached hydrogens (tertiary/aromatic N) is 2. The first-order valence-corrected chi connectivity index (χ1v) is 9.63. The van der Waals surface area contributed by atoms with E-state index >= 15 is 0 Å². The smallest absolute Gasteiger partial charge is 0.210 e. The molecule has 1 aromatic heterocycles. The van der Waals surface area contributed by atoms with Crippen molar-refractivity contribution in [1.82, 2.24) is 9.47 Å². The summed E-state index contributed by atoms with van der Waals surface area (Å²) in [6.07, 6.45) is 0.895. The number of hydrogen-bond acceptors (Lipinski definition) is 4. The molecule has 0 atom stereocenters. The molecule has 0 radical (unpaired) electrons.